The van der Waals surface area contributed by atoms with E-state index in [0.29, 0.717) is 29.7 Å². The Morgan fingerprint density at radius 3 is 2.46 bits per heavy atom. The van der Waals surface area contributed by atoms with Crippen molar-refractivity contribution in [2.45, 2.75) is 48.6 Å². The molecule has 0 spiro atoms. The van der Waals surface area contributed by atoms with Gasteiger partial charge in [0.1, 0.15) is 17.0 Å². The van der Waals surface area contributed by atoms with Crippen molar-refractivity contribution in [3.63, 3.8) is 0 Å². The fourth-order valence-corrected chi connectivity index (χ4v) is 7.32. The van der Waals surface area contributed by atoms with Crippen LogP contribution >= 0.6 is 0 Å². The summed E-state index contributed by atoms with van der Waals surface area (Å²) in [6, 6.07) is 9.26. The highest BCUT2D eigenvalue weighted by atomic mass is 32.2. The number of aromatic amines is 1. The summed E-state index contributed by atoms with van der Waals surface area (Å²) in [6.45, 7) is 0. The van der Waals surface area contributed by atoms with Gasteiger partial charge in [-0.3, -0.25) is 14.8 Å². The molecule has 7 heterocycles. The lowest BCUT2D eigenvalue weighted by atomic mass is 9.87. The average Bonchev–Trinajstić information content (AvgIpc) is 3.71. The number of nitrogens with zero attached hydrogens (tertiary/aromatic N) is 8. The Kier molecular flexibility index (Phi) is 5.81. The van der Waals surface area contributed by atoms with Gasteiger partial charge in [0, 0.05) is 47.8 Å². The molecule has 0 aliphatic carbocycles. The molecule has 2 aliphatic rings. The van der Waals surface area contributed by atoms with Gasteiger partial charge in [0.05, 0.1) is 23.3 Å². The number of amides is 1. The molecule has 2 aliphatic heterocycles. The highest BCUT2D eigenvalue weighted by molar-refractivity contribution is 7.91. The molecule has 3 atom stereocenters. The zero-order valence-electron chi connectivity index (χ0n) is 22.0. The highest BCUT2D eigenvalue weighted by Crippen LogP contribution is 2.45. The molecular weight excluding hydrogens is 544 g/mol. The summed E-state index contributed by atoms with van der Waals surface area (Å²) in [5.74, 6) is -0.188. The number of hydrogen-bond acceptors (Lipinski definition) is 10. The lowest BCUT2D eigenvalue weighted by Crippen LogP contribution is -2.46. The molecule has 7 rings (SSSR count). The van der Waals surface area contributed by atoms with E-state index in [2.05, 4.69) is 30.2 Å². The molecule has 2 bridgehead atoms. The number of piperidine rings is 1. The second kappa shape index (κ2) is 9.44. The molecule has 14 heteroatoms. The van der Waals surface area contributed by atoms with E-state index < -0.39 is 9.84 Å². The summed E-state index contributed by atoms with van der Waals surface area (Å²) >= 11 is 0. The Balaban J connectivity index is 1.29. The van der Waals surface area contributed by atoms with Gasteiger partial charge in [-0.05, 0) is 43.9 Å². The number of hydrogen-bond donors (Lipinski definition) is 2. The molecule has 3 N–H and O–H groups in total. The molecule has 0 unspecified atom stereocenters. The van der Waals surface area contributed by atoms with Gasteiger partial charge in [-0.25, -0.2) is 13.4 Å². The minimum atomic E-state index is -3.75. The number of nitrogen functional groups attached to an aromatic ring is 1. The Labute approximate surface area is 234 Å². The molecule has 41 heavy (non-hydrogen) atoms. The summed E-state index contributed by atoms with van der Waals surface area (Å²) in [4.78, 5) is 31.6. The number of nitrogens with one attached hydrogen (secondary N) is 1. The van der Waals surface area contributed by atoms with Crippen LogP contribution in [-0.4, -0.2) is 77.3 Å². The van der Waals surface area contributed by atoms with Crippen molar-refractivity contribution in [1.29, 1.82) is 0 Å². The van der Waals surface area contributed by atoms with Crippen molar-refractivity contribution < 1.29 is 13.2 Å². The molecule has 13 nitrogen and oxygen atoms in total. The smallest absolute Gasteiger partial charge is 0.292 e. The van der Waals surface area contributed by atoms with E-state index in [-0.39, 0.29) is 40.4 Å². The largest absolute Gasteiger partial charge is 0.382 e. The number of carbonyl (C=O) groups excluding carboxylic acids is 1. The first-order chi connectivity index (χ1) is 19.8. The molecule has 1 amide bonds. The maximum absolute atomic E-state index is 13.1. The monoisotopic (exact) mass is 570 g/mol. The van der Waals surface area contributed by atoms with Crippen LogP contribution in [0, 0.1) is 0 Å². The molecule has 5 aromatic heterocycles. The van der Waals surface area contributed by atoms with Crippen LogP contribution in [0.3, 0.4) is 0 Å². The van der Waals surface area contributed by atoms with E-state index in [9.17, 15) is 13.2 Å². The van der Waals surface area contributed by atoms with Crippen molar-refractivity contribution in [2.75, 3.05) is 12.0 Å². The Bertz CT molecular complexity index is 1860. The van der Waals surface area contributed by atoms with Gasteiger partial charge in [0.2, 0.25) is 5.82 Å². The Morgan fingerprint density at radius 1 is 1.05 bits per heavy atom. The summed E-state index contributed by atoms with van der Waals surface area (Å²) in [5, 5.41) is 12.0. The van der Waals surface area contributed by atoms with Crippen LogP contribution in [0.5, 0.6) is 0 Å². The van der Waals surface area contributed by atoms with E-state index in [1.54, 1.807) is 18.6 Å². The third kappa shape index (κ3) is 4.22. The number of fused-ring (bicyclic) bond motifs is 3. The SMILES string of the molecule is CS(=O)(=O)c1c([C@H]2C[C@H]3CC[C@@H](C2)N3C(=O)c2nnc[nH]2)nc2c(-c3ccc(-c4ccccn4)nc3)cnn2c1N. The maximum Gasteiger partial charge on any atom is 0.292 e. The number of carbonyl (C=O) groups is 1. The van der Waals surface area contributed by atoms with Crippen LogP contribution in [0.15, 0.2) is 60.1 Å². The molecule has 208 valence electrons. The van der Waals surface area contributed by atoms with E-state index in [1.807, 2.05) is 35.2 Å². The fourth-order valence-electron chi connectivity index (χ4n) is 6.26. The summed E-state index contributed by atoms with van der Waals surface area (Å²) in [5.41, 5.74) is 10.3. The van der Waals surface area contributed by atoms with Crippen molar-refractivity contribution in [2.24, 2.45) is 0 Å². The first kappa shape index (κ1) is 25.3. The number of aromatic nitrogens is 8. The summed E-state index contributed by atoms with van der Waals surface area (Å²) in [6.07, 6.45) is 10.3. The van der Waals surface area contributed by atoms with Crippen LogP contribution in [0.25, 0.3) is 28.2 Å². The number of rotatable bonds is 5. The Morgan fingerprint density at radius 2 is 1.83 bits per heavy atom. The molecule has 2 saturated heterocycles. The number of anilines is 1. The third-order valence-corrected chi connectivity index (χ3v) is 9.17. The molecule has 5 aromatic rings. The lowest BCUT2D eigenvalue weighted by Gasteiger charge is -2.38. The predicted molar refractivity (Wildman–Crippen MR) is 148 cm³/mol. The fraction of sp³-hybridized carbons (Fsp3) is 0.296. The van der Waals surface area contributed by atoms with Crippen molar-refractivity contribution in [3.8, 4) is 22.5 Å². The standard InChI is InChI=1S/C27H26N10O3S/c1-41(39,40)23-22(16-10-17-6-7-18(11-16)36(17)27(38)25-31-14-32-35-25)34-26-19(13-33-37(26)24(23)28)15-5-8-21(30-12-15)20-4-2-3-9-29-20/h2-5,8-9,12-14,16-18H,6-7,10-11,28H2,1H3,(H,31,32,35)/t16-,17+,18-. The minimum absolute atomic E-state index is 0.0114. The second-order valence-electron chi connectivity index (χ2n) is 10.5. The lowest BCUT2D eigenvalue weighted by molar-refractivity contribution is 0.0556. The first-order valence-corrected chi connectivity index (χ1v) is 15.1. The minimum Gasteiger partial charge on any atom is -0.382 e. The van der Waals surface area contributed by atoms with Crippen LogP contribution in [-0.2, 0) is 9.84 Å². The number of pyridine rings is 2. The topological polar surface area (TPSA) is 178 Å². The number of nitrogens with two attached hydrogens (primary N) is 1. The zero-order chi connectivity index (χ0) is 28.3. The summed E-state index contributed by atoms with van der Waals surface area (Å²) in [7, 11) is -3.75. The molecular formula is C27H26N10O3S. The van der Waals surface area contributed by atoms with Crippen LogP contribution in [0.4, 0.5) is 5.82 Å². The van der Waals surface area contributed by atoms with Crippen LogP contribution in [0.2, 0.25) is 0 Å². The number of sulfone groups is 1. The van der Waals surface area contributed by atoms with Gasteiger partial charge in [0.25, 0.3) is 5.91 Å². The maximum atomic E-state index is 13.1. The van der Waals surface area contributed by atoms with E-state index in [0.717, 1.165) is 36.0 Å². The van der Waals surface area contributed by atoms with Gasteiger partial charge in [0.15, 0.2) is 15.5 Å². The molecule has 0 radical (unpaired) electrons. The van der Waals surface area contributed by atoms with E-state index in [4.69, 9.17) is 10.7 Å². The van der Waals surface area contributed by atoms with E-state index >= 15 is 0 Å². The highest BCUT2D eigenvalue weighted by Gasteiger charge is 2.46. The van der Waals surface area contributed by atoms with Gasteiger partial charge in [-0.2, -0.15) is 9.61 Å². The Hall–Kier alpha value is -4.72. The van der Waals surface area contributed by atoms with E-state index in [1.165, 1.54) is 10.8 Å². The van der Waals surface area contributed by atoms with Crippen LogP contribution < -0.4 is 5.73 Å². The van der Waals surface area contributed by atoms with Crippen molar-refractivity contribution in [3.05, 3.63) is 66.8 Å². The predicted octanol–water partition coefficient (Wildman–Crippen LogP) is 2.51. The van der Waals surface area contributed by atoms with Gasteiger partial charge in [-0.15, -0.1) is 10.2 Å². The van der Waals surface area contributed by atoms with Gasteiger partial charge in [-0.1, -0.05) is 12.1 Å². The van der Waals surface area contributed by atoms with Crippen molar-refractivity contribution >= 4 is 27.2 Å². The second-order valence-corrected chi connectivity index (χ2v) is 12.5. The average molecular weight is 571 g/mol. The molecule has 0 saturated carbocycles. The molecule has 0 aromatic carbocycles. The van der Waals surface area contributed by atoms with Crippen LogP contribution in [0.1, 0.15) is 47.9 Å². The molecule has 2 fully saturated rings. The van der Waals surface area contributed by atoms with Gasteiger partial charge < -0.3 is 15.6 Å². The normalized spacial score (nSPS) is 20.5. The van der Waals surface area contributed by atoms with Crippen molar-refractivity contribution in [1.82, 2.24) is 44.6 Å². The first-order valence-electron chi connectivity index (χ1n) is 13.2. The summed E-state index contributed by atoms with van der Waals surface area (Å²) < 4.78 is 27.5. The van der Waals surface area contributed by atoms with Gasteiger partial charge >= 0.3 is 0 Å². The quantitative estimate of drug-likeness (QED) is 0.319. The third-order valence-electron chi connectivity index (χ3n) is 8.01. The zero-order valence-corrected chi connectivity index (χ0v) is 22.9. The number of H-pyrrole nitrogens is 1.